The molecule has 0 heterocycles. The summed E-state index contributed by atoms with van der Waals surface area (Å²) in [6.45, 7) is 10.2. The number of halogens is 3. The van der Waals surface area contributed by atoms with Crippen LogP contribution in [0.5, 0.6) is 0 Å². The lowest BCUT2D eigenvalue weighted by Gasteiger charge is -2.23. The molecule has 2 aromatic carbocycles. The highest BCUT2D eigenvalue weighted by atomic mass is 32.2. The Balaban J connectivity index is 1.77. The van der Waals surface area contributed by atoms with Crippen molar-refractivity contribution in [3.05, 3.63) is 64.0 Å². The molecule has 1 saturated carbocycles. The molecule has 1 aliphatic rings. The maximum absolute atomic E-state index is 14.7. The topological polar surface area (TPSA) is 75.3 Å². The Morgan fingerprint density at radius 1 is 1.09 bits per heavy atom. The van der Waals surface area contributed by atoms with E-state index in [1.165, 1.54) is 18.2 Å². The lowest BCUT2D eigenvalue weighted by Crippen LogP contribution is -2.31. The summed E-state index contributed by atoms with van der Waals surface area (Å²) in [6.07, 6.45) is 1.39. The number of sulfonamides is 1. The summed E-state index contributed by atoms with van der Waals surface area (Å²) in [6, 6.07) is 4.47. The summed E-state index contributed by atoms with van der Waals surface area (Å²) in [5.74, 6) is -2.78. The Labute approximate surface area is 199 Å². The van der Waals surface area contributed by atoms with E-state index in [2.05, 4.69) is 10.0 Å². The number of aryl methyl sites for hydroxylation is 1. The van der Waals surface area contributed by atoms with Crippen molar-refractivity contribution < 1.29 is 26.4 Å². The average Bonchev–Trinajstić information content (AvgIpc) is 3.34. The zero-order valence-electron chi connectivity index (χ0n) is 20.4. The quantitative estimate of drug-likeness (QED) is 0.575. The van der Waals surface area contributed by atoms with Crippen molar-refractivity contribution in [2.24, 2.45) is 5.92 Å². The number of anilines is 1. The third-order valence-electron chi connectivity index (χ3n) is 6.47. The smallest absolute Gasteiger partial charge is 0.229 e. The number of hydrogen-bond acceptors (Lipinski definition) is 3. The van der Waals surface area contributed by atoms with E-state index in [4.69, 9.17) is 0 Å². The minimum atomic E-state index is -3.57. The van der Waals surface area contributed by atoms with Crippen LogP contribution in [0.3, 0.4) is 0 Å². The van der Waals surface area contributed by atoms with Gasteiger partial charge >= 0.3 is 0 Å². The zero-order valence-corrected chi connectivity index (χ0v) is 21.3. The largest absolute Gasteiger partial charge is 0.349 e. The number of carbonyl (C=O) groups excluding carboxylic acids is 1. The second-order valence-corrected chi connectivity index (χ2v) is 12.3. The SMILES string of the molecule is Cc1cc(C(C)NC(=O)[C@@H]2CC2(C)c2cc(F)c(C(C)(C)C)c(F)c2)c(F)cc1NS(C)(=O)=O. The van der Waals surface area contributed by atoms with Crippen LogP contribution in [0.1, 0.15) is 69.3 Å². The van der Waals surface area contributed by atoms with Crippen LogP contribution in [0, 0.1) is 30.3 Å². The molecule has 9 heteroatoms. The van der Waals surface area contributed by atoms with Crippen molar-refractivity contribution in [3.63, 3.8) is 0 Å². The predicted octanol–water partition coefficient (Wildman–Crippen LogP) is 5.24. The minimum absolute atomic E-state index is 0.00905. The molecule has 0 aliphatic heterocycles. The Morgan fingerprint density at radius 3 is 2.15 bits per heavy atom. The molecule has 2 unspecified atom stereocenters. The van der Waals surface area contributed by atoms with Crippen LogP contribution in [0.2, 0.25) is 0 Å². The highest BCUT2D eigenvalue weighted by molar-refractivity contribution is 7.92. The molecule has 2 aromatic rings. The lowest BCUT2D eigenvalue weighted by atomic mass is 9.83. The van der Waals surface area contributed by atoms with E-state index in [0.717, 1.165) is 12.3 Å². The van der Waals surface area contributed by atoms with Crippen LogP contribution in [0.25, 0.3) is 0 Å². The number of hydrogen-bond donors (Lipinski definition) is 2. The number of nitrogens with one attached hydrogen (secondary N) is 2. The van der Waals surface area contributed by atoms with Crippen molar-refractivity contribution in [1.29, 1.82) is 0 Å². The summed E-state index contributed by atoms with van der Waals surface area (Å²) in [5, 5.41) is 2.78. The molecule has 1 amide bonds. The van der Waals surface area contributed by atoms with Crippen molar-refractivity contribution in [2.45, 2.75) is 64.8 Å². The van der Waals surface area contributed by atoms with Crippen LogP contribution in [-0.4, -0.2) is 20.6 Å². The first-order chi connectivity index (χ1) is 15.4. The summed E-state index contributed by atoms with van der Waals surface area (Å²) in [5.41, 5.74) is -0.156. The van der Waals surface area contributed by atoms with Gasteiger partial charge < -0.3 is 5.32 Å². The molecule has 34 heavy (non-hydrogen) atoms. The van der Waals surface area contributed by atoms with Gasteiger partial charge in [0.2, 0.25) is 15.9 Å². The van der Waals surface area contributed by atoms with Gasteiger partial charge in [0.05, 0.1) is 18.0 Å². The van der Waals surface area contributed by atoms with Gasteiger partial charge in [-0.15, -0.1) is 0 Å². The standard InChI is InChI=1S/C25H31F3N2O3S/c1-13-8-16(18(26)11-21(13)30-34(7,32)33)14(2)29-23(31)17-12-25(17,6)15-9-19(27)22(20(28)10-15)24(3,4)5/h8-11,14,17,30H,12H2,1-7H3,(H,29,31)/t14?,17-,25?/m0/s1. The Bertz CT molecular complexity index is 1230. The third-order valence-corrected chi connectivity index (χ3v) is 7.06. The van der Waals surface area contributed by atoms with E-state index in [1.54, 1.807) is 41.5 Å². The van der Waals surface area contributed by atoms with Crippen LogP contribution in [-0.2, 0) is 25.6 Å². The van der Waals surface area contributed by atoms with E-state index in [1.807, 2.05) is 0 Å². The van der Waals surface area contributed by atoms with Gasteiger partial charge in [0, 0.05) is 22.5 Å². The molecule has 3 rings (SSSR count). The van der Waals surface area contributed by atoms with Gasteiger partial charge in [0.25, 0.3) is 0 Å². The van der Waals surface area contributed by atoms with E-state index >= 15 is 0 Å². The number of benzene rings is 2. The zero-order chi connectivity index (χ0) is 25.8. The van der Waals surface area contributed by atoms with Crippen molar-refractivity contribution in [3.8, 4) is 0 Å². The average molecular weight is 497 g/mol. The van der Waals surface area contributed by atoms with Crippen LogP contribution in [0.15, 0.2) is 24.3 Å². The lowest BCUT2D eigenvalue weighted by molar-refractivity contribution is -0.123. The molecule has 0 aromatic heterocycles. The molecule has 186 valence electrons. The minimum Gasteiger partial charge on any atom is -0.349 e. The molecule has 5 nitrogen and oxygen atoms in total. The maximum atomic E-state index is 14.7. The normalized spacial score (nSPS) is 21.2. The highest BCUT2D eigenvalue weighted by Gasteiger charge is 2.56. The van der Waals surface area contributed by atoms with Crippen molar-refractivity contribution in [1.82, 2.24) is 5.32 Å². The van der Waals surface area contributed by atoms with Gasteiger partial charge in [-0.25, -0.2) is 21.6 Å². The molecule has 2 N–H and O–H groups in total. The van der Waals surface area contributed by atoms with Gasteiger partial charge in [-0.05, 0) is 61.1 Å². The van der Waals surface area contributed by atoms with Gasteiger partial charge in [-0.2, -0.15) is 0 Å². The molecule has 1 fully saturated rings. The number of carbonyl (C=O) groups is 1. The molecule has 0 spiro atoms. The Hall–Kier alpha value is -2.55. The highest BCUT2D eigenvalue weighted by Crippen LogP contribution is 2.55. The fourth-order valence-corrected chi connectivity index (χ4v) is 5.04. The first-order valence-corrected chi connectivity index (χ1v) is 12.9. The number of rotatable bonds is 6. The van der Waals surface area contributed by atoms with Gasteiger partial charge in [-0.3, -0.25) is 9.52 Å². The first-order valence-electron chi connectivity index (χ1n) is 11.0. The van der Waals surface area contributed by atoms with Gasteiger partial charge in [-0.1, -0.05) is 27.7 Å². The Morgan fingerprint density at radius 2 is 1.65 bits per heavy atom. The fraction of sp³-hybridized carbons (Fsp3) is 0.480. The molecular formula is C25H31F3N2O3S. The molecule has 0 radical (unpaired) electrons. The van der Waals surface area contributed by atoms with E-state index in [-0.39, 0.29) is 22.7 Å². The molecule has 0 saturated heterocycles. The van der Waals surface area contributed by atoms with E-state index in [0.29, 0.717) is 17.5 Å². The second-order valence-electron chi connectivity index (χ2n) is 10.5. The molecule has 1 aliphatic carbocycles. The first kappa shape index (κ1) is 26.1. The molecule has 0 bridgehead atoms. The van der Waals surface area contributed by atoms with E-state index in [9.17, 15) is 26.4 Å². The summed E-state index contributed by atoms with van der Waals surface area (Å²) in [4.78, 5) is 12.9. The molecule has 3 atom stereocenters. The third kappa shape index (κ3) is 5.24. The van der Waals surface area contributed by atoms with Crippen molar-refractivity contribution >= 4 is 21.6 Å². The summed E-state index contributed by atoms with van der Waals surface area (Å²) >= 11 is 0. The van der Waals surface area contributed by atoms with Crippen molar-refractivity contribution in [2.75, 3.05) is 11.0 Å². The predicted molar refractivity (Wildman–Crippen MR) is 127 cm³/mol. The van der Waals surface area contributed by atoms with Gasteiger partial charge in [0.15, 0.2) is 0 Å². The summed E-state index contributed by atoms with van der Waals surface area (Å²) in [7, 11) is -3.57. The van der Waals surface area contributed by atoms with Crippen LogP contribution in [0.4, 0.5) is 18.9 Å². The molecular weight excluding hydrogens is 465 g/mol. The van der Waals surface area contributed by atoms with Crippen LogP contribution < -0.4 is 10.0 Å². The van der Waals surface area contributed by atoms with Gasteiger partial charge in [0.1, 0.15) is 17.5 Å². The summed E-state index contributed by atoms with van der Waals surface area (Å²) < 4.78 is 69.3. The fourth-order valence-electron chi connectivity index (χ4n) is 4.42. The number of amides is 1. The second kappa shape index (κ2) is 8.59. The van der Waals surface area contributed by atoms with Crippen LogP contribution >= 0.6 is 0 Å². The Kier molecular flexibility index (Phi) is 6.58. The van der Waals surface area contributed by atoms with E-state index < -0.39 is 50.3 Å². The monoisotopic (exact) mass is 496 g/mol. The maximum Gasteiger partial charge on any atom is 0.229 e.